The summed E-state index contributed by atoms with van der Waals surface area (Å²) in [4.78, 5) is 43.5. The number of carbonyl (C=O) groups excluding carboxylic acids is 2. The number of aromatic carboxylic acids is 1. The van der Waals surface area contributed by atoms with Crippen molar-refractivity contribution < 1.29 is 24.2 Å². The lowest BCUT2D eigenvalue weighted by atomic mass is 10.2. The van der Waals surface area contributed by atoms with E-state index in [0.717, 1.165) is 16.7 Å². The summed E-state index contributed by atoms with van der Waals surface area (Å²) in [5.41, 5.74) is 0.313. The van der Waals surface area contributed by atoms with Gasteiger partial charge in [-0.15, -0.1) is 0 Å². The van der Waals surface area contributed by atoms with Gasteiger partial charge in [-0.1, -0.05) is 11.8 Å². The topological polar surface area (TPSA) is 110 Å². The molecular formula is C12H13N3O5S. The number of carbonyl (C=O) groups is 3. The van der Waals surface area contributed by atoms with Crippen LogP contribution in [0, 0.1) is 13.8 Å². The van der Waals surface area contributed by atoms with Crippen molar-refractivity contribution in [2.75, 3.05) is 18.9 Å². The van der Waals surface area contributed by atoms with Crippen LogP contribution in [0.15, 0.2) is 5.03 Å². The van der Waals surface area contributed by atoms with Crippen molar-refractivity contribution in [2.24, 2.45) is 0 Å². The third-order valence-corrected chi connectivity index (χ3v) is 3.74. The van der Waals surface area contributed by atoms with Gasteiger partial charge in [0, 0.05) is 0 Å². The summed E-state index contributed by atoms with van der Waals surface area (Å²) in [6.07, 6.45) is -0.672. The molecule has 0 unspecified atom stereocenters. The van der Waals surface area contributed by atoms with E-state index < -0.39 is 18.0 Å². The number of thioether (sulfide) groups is 1. The number of hydrogen-bond donors (Lipinski definition) is 1. The maximum atomic E-state index is 11.9. The maximum absolute atomic E-state index is 11.9. The first-order chi connectivity index (χ1) is 9.90. The van der Waals surface area contributed by atoms with E-state index in [0.29, 0.717) is 11.5 Å². The lowest BCUT2D eigenvalue weighted by molar-refractivity contribution is -0.125. The van der Waals surface area contributed by atoms with E-state index >= 15 is 0 Å². The fourth-order valence-electron chi connectivity index (χ4n) is 1.86. The minimum Gasteiger partial charge on any atom is -0.478 e. The van der Waals surface area contributed by atoms with Gasteiger partial charge in [0.25, 0.3) is 0 Å². The molecule has 1 aromatic heterocycles. The van der Waals surface area contributed by atoms with Crippen molar-refractivity contribution in [2.45, 2.75) is 18.9 Å². The van der Waals surface area contributed by atoms with E-state index in [1.807, 2.05) is 0 Å². The van der Waals surface area contributed by atoms with Crippen molar-refractivity contribution in [3.63, 3.8) is 0 Å². The first-order valence-electron chi connectivity index (χ1n) is 6.08. The molecule has 1 aromatic rings. The highest BCUT2D eigenvalue weighted by Gasteiger charge is 2.29. The monoisotopic (exact) mass is 311 g/mol. The number of aromatic nitrogens is 2. The van der Waals surface area contributed by atoms with Gasteiger partial charge in [-0.3, -0.25) is 4.79 Å². The first kappa shape index (κ1) is 15.2. The number of cyclic esters (lactones) is 1. The molecule has 0 atom stereocenters. The number of amides is 2. The van der Waals surface area contributed by atoms with Crippen LogP contribution in [0.25, 0.3) is 0 Å². The van der Waals surface area contributed by atoms with Crippen LogP contribution >= 0.6 is 11.8 Å². The zero-order valence-corrected chi connectivity index (χ0v) is 12.3. The molecule has 1 aliphatic heterocycles. The van der Waals surface area contributed by atoms with Crippen LogP contribution in [0.5, 0.6) is 0 Å². The maximum Gasteiger partial charge on any atom is 0.416 e. The van der Waals surface area contributed by atoms with Crippen LogP contribution in [0.1, 0.15) is 21.9 Å². The van der Waals surface area contributed by atoms with Crippen molar-refractivity contribution >= 4 is 29.7 Å². The van der Waals surface area contributed by atoms with Gasteiger partial charge in [-0.25, -0.2) is 24.5 Å². The zero-order valence-electron chi connectivity index (χ0n) is 11.5. The predicted octanol–water partition coefficient (Wildman–Crippen LogP) is 0.863. The molecule has 9 heteroatoms. The molecule has 2 rings (SSSR count). The highest BCUT2D eigenvalue weighted by molar-refractivity contribution is 8.00. The summed E-state index contributed by atoms with van der Waals surface area (Å²) < 4.78 is 4.68. The quantitative estimate of drug-likeness (QED) is 0.644. The van der Waals surface area contributed by atoms with E-state index in [1.54, 1.807) is 13.8 Å². The van der Waals surface area contributed by atoms with Crippen LogP contribution in [0.4, 0.5) is 4.79 Å². The first-order valence-corrected chi connectivity index (χ1v) is 7.07. The molecule has 0 saturated carbocycles. The molecule has 21 heavy (non-hydrogen) atoms. The van der Waals surface area contributed by atoms with Crippen molar-refractivity contribution in [1.29, 1.82) is 0 Å². The molecule has 1 fully saturated rings. The van der Waals surface area contributed by atoms with Gasteiger partial charge in [-0.05, 0) is 13.8 Å². The number of rotatable bonds is 4. The molecule has 112 valence electrons. The third-order valence-electron chi connectivity index (χ3n) is 2.78. The average Bonchev–Trinajstić information content (AvgIpc) is 2.81. The highest BCUT2D eigenvalue weighted by Crippen LogP contribution is 2.23. The fraction of sp³-hybridized carbons (Fsp3) is 0.417. The number of carboxylic acid groups (broad SMARTS) is 1. The zero-order chi connectivity index (χ0) is 15.6. The normalized spacial score (nSPS) is 14.2. The Morgan fingerprint density at radius 3 is 2.67 bits per heavy atom. The van der Waals surface area contributed by atoms with Gasteiger partial charge in [-0.2, -0.15) is 0 Å². The van der Waals surface area contributed by atoms with Gasteiger partial charge in [0.2, 0.25) is 5.91 Å². The van der Waals surface area contributed by atoms with Crippen LogP contribution in [0.2, 0.25) is 0 Å². The second-order valence-corrected chi connectivity index (χ2v) is 5.25. The van der Waals surface area contributed by atoms with Crippen molar-refractivity contribution in [3.8, 4) is 0 Å². The van der Waals surface area contributed by atoms with Crippen molar-refractivity contribution in [3.05, 3.63) is 17.1 Å². The summed E-state index contributed by atoms with van der Waals surface area (Å²) in [5.74, 6) is -1.26. The second-order valence-electron chi connectivity index (χ2n) is 4.29. The Balaban J connectivity index is 2.14. The number of nitrogens with zero attached hydrogens (tertiary/aromatic N) is 3. The SMILES string of the molecule is Cc1nc(C)c(C(=O)O)c(SCC(=O)N2CCOC2=O)n1. The third kappa shape index (κ3) is 3.30. The Morgan fingerprint density at radius 2 is 2.10 bits per heavy atom. The molecule has 2 heterocycles. The molecule has 0 spiro atoms. The van der Waals surface area contributed by atoms with E-state index in [1.165, 1.54) is 0 Å². The number of aryl methyl sites for hydroxylation is 2. The van der Waals surface area contributed by atoms with E-state index in [2.05, 4.69) is 14.7 Å². The average molecular weight is 311 g/mol. The number of ether oxygens (including phenoxy) is 1. The fourth-order valence-corrected chi connectivity index (χ4v) is 2.85. The Labute approximate surface area is 124 Å². The van der Waals surface area contributed by atoms with Gasteiger partial charge in [0.05, 0.1) is 18.0 Å². The minimum atomic E-state index is -1.15. The Morgan fingerprint density at radius 1 is 1.38 bits per heavy atom. The highest BCUT2D eigenvalue weighted by atomic mass is 32.2. The van der Waals surface area contributed by atoms with Crippen LogP contribution in [0.3, 0.4) is 0 Å². The largest absolute Gasteiger partial charge is 0.478 e. The standard InChI is InChI=1S/C12H13N3O5S/c1-6-9(11(17)18)10(14-7(2)13-6)21-5-8(16)15-3-4-20-12(15)19/h3-5H2,1-2H3,(H,17,18). The van der Waals surface area contributed by atoms with E-state index in [9.17, 15) is 19.5 Å². The molecule has 1 saturated heterocycles. The van der Waals surface area contributed by atoms with E-state index in [-0.39, 0.29) is 29.5 Å². The summed E-state index contributed by atoms with van der Waals surface area (Å²) in [6.45, 7) is 3.61. The Bertz CT molecular complexity index is 619. The molecular weight excluding hydrogens is 298 g/mol. The van der Waals surface area contributed by atoms with Gasteiger partial charge in [0.1, 0.15) is 23.0 Å². The number of imide groups is 1. The molecule has 1 aliphatic rings. The second kappa shape index (κ2) is 6.08. The molecule has 8 nitrogen and oxygen atoms in total. The number of carboxylic acids is 1. The minimum absolute atomic E-state index is 0.0256. The van der Waals surface area contributed by atoms with E-state index in [4.69, 9.17) is 0 Å². The summed E-state index contributed by atoms with van der Waals surface area (Å²) in [7, 11) is 0. The van der Waals surface area contributed by atoms with Crippen LogP contribution in [-0.2, 0) is 9.53 Å². The predicted molar refractivity (Wildman–Crippen MR) is 72.3 cm³/mol. The van der Waals surface area contributed by atoms with Crippen LogP contribution < -0.4 is 0 Å². The van der Waals surface area contributed by atoms with Gasteiger partial charge in [0.15, 0.2) is 0 Å². The lowest BCUT2D eigenvalue weighted by Gasteiger charge is -2.11. The molecule has 1 N–H and O–H groups in total. The molecule has 0 aromatic carbocycles. The van der Waals surface area contributed by atoms with Crippen molar-refractivity contribution in [1.82, 2.24) is 14.9 Å². The number of hydrogen-bond acceptors (Lipinski definition) is 7. The van der Waals surface area contributed by atoms with Crippen LogP contribution in [-0.4, -0.2) is 56.8 Å². The van der Waals surface area contributed by atoms with Gasteiger partial charge >= 0.3 is 12.1 Å². The summed E-state index contributed by atoms with van der Waals surface area (Å²) in [6, 6.07) is 0. The molecule has 0 aliphatic carbocycles. The molecule has 0 bridgehead atoms. The molecule has 2 amide bonds. The van der Waals surface area contributed by atoms with Gasteiger partial charge < -0.3 is 9.84 Å². The Hall–Kier alpha value is -2.16. The summed E-state index contributed by atoms with van der Waals surface area (Å²) in [5, 5.41) is 9.41. The molecule has 0 radical (unpaired) electrons. The smallest absolute Gasteiger partial charge is 0.416 e. The summed E-state index contributed by atoms with van der Waals surface area (Å²) >= 11 is 0.970. The Kier molecular flexibility index (Phi) is 4.41. The lowest BCUT2D eigenvalue weighted by Crippen LogP contribution is -2.33.